The van der Waals surface area contributed by atoms with Crippen LogP contribution in [-0.4, -0.2) is 4.57 Å². The molecule has 0 fully saturated rings. The summed E-state index contributed by atoms with van der Waals surface area (Å²) < 4.78 is 7.93. The van der Waals surface area contributed by atoms with Gasteiger partial charge in [0.2, 0.25) is 0 Å². The fraction of sp³-hybridized carbons (Fsp3) is 0. The summed E-state index contributed by atoms with van der Waals surface area (Å²) in [5.41, 5.74) is 3.78. The van der Waals surface area contributed by atoms with Crippen LogP contribution in [0.1, 0.15) is 0 Å². The van der Waals surface area contributed by atoms with E-state index in [9.17, 15) is 0 Å². The van der Waals surface area contributed by atoms with Crippen molar-refractivity contribution in [3.63, 3.8) is 0 Å². The normalized spacial score (nSPS) is 12.2. The van der Waals surface area contributed by atoms with E-state index in [0.29, 0.717) is 0 Å². The van der Waals surface area contributed by atoms with Crippen molar-refractivity contribution in [2.45, 2.75) is 0 Å². The maximum Gasteiger partial charge on any atom is 0.0640 e. The Morgan fingerprint density at radius 3 is 1.85 bits per heavy atom. The summed E-state index contributed by atoms with van der Waals surface area (Å²) in [5, 5.41) is 8.07. The SMILES string of the molecule is c1ccc2c(c1)sc1ccc3c4cccc(-n5c6ccccc6c6ccccc65)c4sc3c12. The molecule has 0 saturated heterocycles. The van der Waals surface area contributed by atoms with E-state index in [4.69, 9.17) is 0 Å². The summed E-state index contributed by atoms with van der Waals surface area (Å²) in [4.78, 5) is 0. The van der Waals surface area contributed by atoms with Crippen LogP contribution in [0.3, 0.4) is 0 Å². The molecular formula is C30H17NS2. The van der Waals surface area contributed by atoms with Crippen LogP contribution in [0.4, 0.5) is 0 Å². The Labute approximate surface area is 197 Å². The van der Waals surface area contributed by atoms with Crippen molar-refractivity contribution < 1.29 is 0 Å². The van der Waals surface area contributed by atoms with Gasteiger partial charge < -0.3 is 4.57 Å². The third-order valence-electron chi connectivity index (χ3n) is 6.81. The highest BCUT2D eigenvalue weighted by atomic mass is 32.1. The van der Waals surface area contributed by atoms with Gasteiger partial charge in [0, 0.05) is 46.4 Å². The molecule has 0 aliphatic rings. The average Bonchev–Trinajstić information content (AvgIpc) is 3.53. The molecule has 33 heavy (non-hydrogen) atoms. The monoisotopic (exact) mass is 455 g/mol. The number of para-hydroxylation sites is 2. The van der Waals surface area contributed by atoms with E-state index >= 15 is 0 Å². The second-order valence-corrected chi connectivity index (χ2v) is 10.6. The summed E-state index contributed by atoms with van der Waals surface area (Å²) in [5.74, 6) is 0. The Balaban J connectivity index is 1.57. The first-order chi connectivity index (χ1) is 16.4. The zero-order chi connectivity index (χ0) is 21.5. The molecule has 0 unspecified atom stereocenters. The first-order valence-corrected chi connectivity index (χ1v) is 12.8. The van der Waals surface area contributed by atoms with Crippen LogP contribution < -0.4 is 0 Å². The second kappa shape index (κ2) is 6.44. The molecule has 8 aromatic rings. The third kappa shape index (κ3) is 2.31. The van der Waals surface area contributed by atoms with E-state index in [0.717, 1.165) is 0 Å². The number of hydrogen-bond donors (Lipinski definition) is 0. The van der Waals surface area contributed by atoms with Crippen molar-refractivity contribution in [2.75, 3.05) is 0 Å². The first-order valence-electron chi connectivity index (χ1n) is 11.1. The van der Waals surface area contributed by atoms with Gasteiger partial charge in [-0.05, 0) is 30.3 Å². The zero-order valence-electron chi connectivity index (χ0n) is 17.6. The molecule has 0 aliphatic heterocycles. The summed E-state index contributed by atoms with van der Waals surface area (Å²) in [6, 6.07) is 37.7. The van der Waals surface area contributed by atoms with Crippen LogP contribution >= 0.6 is 22.7 Å². The molecule has 0 radical (unpaired) electrons. The van der Waals surface area contributed by atoms with Gasteiger partial charge in [-0.15, -0.1) is 22.7 Å². The minimum absolute atomic E-state index is 1.26. The molecular weight excluding hydrogens is 438 g/mol. The van der Waals surface area contributed by atoms with Gasteiger partial charge in [0.05, 0.1) is 21.4 Å². The summed E-state index contributed by atoms with van der Waals surface area (Å²) >= 11 is 3.83. The Morgan fingerprint density at radius 2 is 1.06 bits per heavy atom. The topological polar surface area (TPSA) is 4.93 Å². The molecule has 154 valence electrons. The third-order valence-corrected chi connectivity index (χ3v) is 9.20. The number of rotatable bonds is 1. The zero-order valence-corrected chi connectivity index (χ0v) is 19.2. The molecule has 5 aromatic carbocycles. The molecule has 0 aliphatic carbocycles. The van der Waals surface area contributed by atoms with Crippen LogP contribution in [0.2, 0.25) is 0 Å². The van der Waals surface area contributed by atoms with Gasteiger partial charge in [-0.1, -0.05) is 72.8 Å². The Bertz CT molecular complexity index is 1980. The van der Waals surface area contributed by atoms with Crippen LogP contribution in [0, 0.1) is 0 Å². The smallest absolute Gasteiger partial charge is 0.0640 e. The highest BCUT2D eigenvalue weighted by Crippen LogP contribution is 2.46. The lowest BCUT2D eigenvalue weighted by atomic mass is 10.1. The van der Waals surface area contributed by atoms with E-state index in [2.05, 4.69) is 108 Å². The quantitative estimate of drug-likeness (QED) is 0.232. The number of hydrogen-bond acceptors (Lipinski definition) is 2. The van der Waals surface area contributed by atoms with Crippen molar-refractivity contribution in [3.8, 4) is 5.69 Å². The molecule has 0 bridgehead atoms. The van der Waals surface area contributed by atoms with E-state index < -0.39 is 0 Å². The fourth-order valence-corrected chi connectivity index (χ4v) is 7.95. The summed E-state index contributed by atoms with van der Waals surface area (Å²) in [6.45, 7) is 0. The Kier molecular flexibility index (Phi) is 3.48. The maximum absolute atomic E-state index is 2.45. The number of fused-ring (bicyclic) bond motifs is 10. The van der Waals surface area contributed by atoms with Crippen LogP contribution in [0.25, 0.3) is 67.8 Å². The molecule has 0 spiro atoms. The van der Waals surface area contributed by atoms with Crippen molar-refractivity contribution in [2.24, 2.45) is 0 Å². The predicted octanol–water partition coefficient (Wildman–Crippen LogP) is 9.52. The summed E-state index contributed by atoms with van der Waals surface area (Å²) in [7, 11) is 0. The lowest BCUT2D eigenvalue weighted by Gasteiger charge is -2.09. The Morgan fingerprint density at radius 1 is 0.424 bits per heavy atom. The predicted molar refractivity (Wildman–Crippen MR) is 147 cm³/mol. The van der Waals surface area contributed by atoms with E-state index in [-0.39, 0.29) is 0 Å². The lowest BCUT2D eigenvalue weighted by molar-refractivity contribution is 1.20. The Hall–Kier alpha value is -3.66. The van der Waals surface area contributed by atoms with Gasteiger partial charge in [-0.2, -0.15) is 0 Å². The number of thiophene rings is 2. The van der Waals surface area contributed by atoms with Gasteiger partial charge in [0.15, 0.2) is 0 Å². The molecule has 0 atom stereocenters. The molecule has 3 heterocycles. The number of aromatic nitrogens is 1. The standard InChI is InChI=1S/C30H17NS2/c1-4-12-23-18(8-1)19-9-2-5-13-24(19)31(23)25-14-7-11-20-21-16-17-27-28(30(21)33-29(20)25)22-10-3-6-15-26(22)32-27/h1-17H. The number of benzene rings is 5. The number of nitrogens with zero attached hydrogens (tertiary/aromatic N) is 1. The van der Waals surface area contributed by atoms with Gasteiger partial charge in [-0.3, -0.25) is 0 Å². The highest BCUT2D eigenvalue weighted by molar-refractivity contribution is 7.30. The second-order valence-electron chi connectivity index (χ2n) is 8.54. The minimum atomic E-state index is 1.26. The minimum Gasteiger partial charge on any atom is -0.308 e. The van der Waals surface area contributed by atoms with Gasteiger partial charge in [-0.25, -0.2) is 0 Å². The molecule has 3 aromatic heterocycles. The van der Waals surface area contributed by atoms with Crippen molar-refractivity contribution >= 4 is 84.8 Å². The van der Waals surface area contributed by atoms with Crippen molar-refractivity contribution in [1.29, 1.82) is 0 Å². The molecule has 8 rings (SSSR count). The van der Waals surface area contributed by atoms with Gasteiger partial charge in [0.25, 0.3) is 0 Å². The highest BCUT2D eigenvalue weighted by Gasteiger charge is 2.18. The van der Waals surface area contributed by atoms with Gasteiger partial charge >= 0.3 is 0 Å². The largest absolute Gasteiger partial charge is 0.308 e. The maximum atomic E-state index is 2.45. The van der Waals surface area contributed by atoms with Crippen molar-refractivity contribution in [1.82, 2.24) is 4.57 Å². The molecule has 0 amide bonds. The van der Waals surface area contributed by atoms with Crippen LogP contribution in [0.15, 0.2) is 103 Å². The molecule has 0 N–H and O–H groups in total. The molecule has 1 nitrogen and oxygen atoms in total. The van der Waals surface area contributed by atoms with Crippen molar-refractivity contribution in [3.05, 3.63) is 103 Å². The fourth-order valence-electron chi connectivity index (χ4n) is 5.41. The van der Waals surface area contributed by atoms with Gasteiger partial charge in [0.1, 0.15) is 0 Å². The lowest BCUT2D eigenvalue weighted by Crippen LogP contribution is -1.93. The van der Waals surface area contributed by atoms with E-state index in [1.165, 1.54) is 67.8 Å². The van der Waals surface area contributed by atoms with E-state index in [1.807, 2.05) is 22.7 Å². The first kappa shape index (κ1) is 17.8. The van der Waals surface area contributed by atoms with E-state index in [1.54, 1.807) is 0 Å². The van der Waals surface area contributed by atoms with Crippen LogP contribution in [-0.2, 0) is 0 Å². The summed E-state index contributed by atoms with van der Waals surface area (Å²) in [6.07, 6.45) is 0. The average molecular weight is 456 g/mol. The molecule has 3 heteroatoms. The van der Waals surface area contributed by atoms with Crippen LogP contribution in [0.5, 0.6) is 0 Å². The molecule has 0 saturated carbocycles.